The molecule has 2 N–H and O–H groups in total. The number of rotatable bonds is 14. The summed E-state index contributed by atoms with van der Waals surface area (Å²) in [4.78, 5) is 62.1. The number of carboxylic acid groups (broad SMARTS) is 1. The van der Waals surface area contributed by atoms with E-state index in [2.05, 4.69) is 5.32 Å². The predicted molar refractivity (Wildman–Crippen MR) is 146 cm³/mol. The lowest BCUT2D eigenvalue weighted by atomic mass is 10.0. The van der Waals surface area contributed by atoms with E-state index in [1.165, 1.54) is 44.1 Å². The highest BCUT2D eigenvalue weighted by Gasteiger charge is 2.31. The third kappa shape index (κ3) is 9.25. The fourth-order valence-electron chi connectivity index (χ4n) is 3.65. The number of allylic oxidation sites excluding steroid dienone is 1. The molecule has 0 aliphatic heterocycles. The number of methoxy groups -OCH3 is 1. The van der Waals surface area contributed by atoms with Gasteiger partial charge in [0.2, 0.25) is 11.8 Å². The molecule has 0 spiro atoms. The highest BCUT2D eigenvalue weighted by Crippen LogP contribution is 2.25. The van der Waals surface area contributed by atoms with Gasteiger partial charge in [-0.1, -0.05) is 44.2 Å². The molecule has 0 heterocycles. The second-order valence-electron chi connectivity index (χ2n) is 8.89. The quantitative estimate of drug-likeness (QED) is 0.202. The molecule has 2 aromatic rings. The number of likely N-dealkylation sites (N-methyl/N-ethyl adjacent to an activating group) is 1. The summed E-state index contributed by atoms with van der Waals surface area (Å²) >= 11 is 1.28. The summed E-state index contributed by atoms with van der Waals surface area (Å²) in [7, 11) is 2.64. The molecule has 0 unspecified atom stereocenters. The maximum absolute atomic E-state index is 13.4. The molecule has 0 radical (unpaired) electrons. The van der Waals surface area contributed by atoms with Crippen LogP contribution < -0.4 is 10.1 Å². The number of nitro groups is 1. The fraction of sp³-hybridized carbons (Fsp3) is 0.333. The van der Waals surface area contributed by atoms with Crippen LogP contribution in [0.1, 0.15) is 25.0 Å². The van der Waals surface area contributed by atoms with Crippen LogP contribution in [0.15, 0.2) is 60.3 Å². The zero-order chi connectivity index (χ0) is 29.1. The van der Waals surface area contributed by atoms with Gasteiger partial charge in [0, 0.05) is 30.5 Å². The first-order valence-electron chi connectivity index (χ1n) is 11.9. The zero-order valence-corrected chi connectivity index (χ0v) is 22.9. The Morgan fingerprint density at radius 1 is 1.15 bits per heavy atom. The molecular weight excluding hydrogens is 526 g/mol. The number of benzene rings is 2. The topological polar surface area (TPSA) is 156 Å². The second-order valence-corrected chi connectivity index (χ2v) is 9.87. The Kier molecular flexibility index (Phi) is 11.7. The summed E-state index contributed by atoms with van der Waals surface area (Å²) in [6, 6.07) is 12.2. The van der Waals surface area contributed by atoms with Gasteiger partial charge in [0.25, 0.3) is 5.69 Å². The Hall–Kier alpha value is -4.19. The molecule has 0 bridgehead atoms. The lowest BCUT2D eigenvalue weighted by Gasteiger charge is -2.28. The first-order valence-corrected chi connectivity index (χ1v) is 13.1. The lowest BCUT2D eigenvalue weighted by Crippen LogP contribution is -2.51. The molecule has 2 rings (SSSR count). The molecule has 0 saturated carbocycles. The monoisotopic (exact) mass is 557 g/mol. The predicted octanol–water partition coefficient (Wildman–Crippen LogP) is 3.22. The molecule has 0 aliphatic carbocycles. The molecule has 12 heteroatoms. The standard InChI is InChI=1S/C27H31N3O8S/c1-17(2)26(28-24(32)13-19-12-20(30(36)37)10-11-23(19)38-4)27(35)29(3)21(14-25(33)34)22(31)16-39-15-18-8-6-5-7-9-18/h5-12,14,17,26H,13,15-16H2,1-4H3,(H,28,32)(H,33,34)/b21-14+/t26-/m0/s1. The number of ketones is 1. The summed E-state index contributed by atoms with van der Waals surface area (Å²) in [5.41, 5.74) is 0.714. The van der Waals surface area contributed by atoms with E-state index in [0.29, 0.717) is 11.8 Å². The van der Waals surface area contributed by atoms with Gasteiger partial charge in [-0.15, -0.1) is 11.8 Å². The minimum absolute atomic E-state index is 0.0586. The van der Waals surface area contributed by atoms with Crippen molar-refractivity contribution in [3.05, 3.63) is 81.5 Å². The summed E-state index contributed by atoms with van der Waals surface area (Å²) < 4.78 is 5.19. The van der Waals surface area contributed by atoms with E-state index in [-0.39, 0.29) is 34.9 Å². The van der Waals surface area contributed by atoms with E-state index in [1.54, 1.807) is 13.8 Å². The summed E-state index contributed by atoms with van der Waals surface area (Å²) in [5, 5.41) is 23.1. The van der Waals surface area contributed by atoms with Crippen molar-refractivity contribution in [1.29, 1.82) is 0 Å². The van der Waals surface area contributed by atoms with Gasteiger partial charge in [0.05, 0.1) is 36.0 Å². The van der Waals surface area contributed by atoms with E-state index in [4.69, 9.17) is 4.74 Å². The van der Waals surface area contributed by atoms with Crippen LogP contribution in [0.4, 0.5) is 5.69 Å². The minimum Gasteiger partial charge on any atom is -0.496 e. The van der Waals surface area contributed by atoms with Crippen molar-refractivity contribution in [2.45, 2.75) is 32.1 Å². The molecular formula is C27H31N3O8S. The lowest BCUT2D eigenvalue weighted by molar-refractivity contribution is -0.384. The number of carboxylic acids is 1. The van der Waals surface area contributed by atoms with Crippen LogP contribution in [0.3, 0.4) is 0 Å². The number of carbonyl (C=O) groups is 4. The Morgan fingerprint density at radius 3 is 2.38 bits per heavy atom. The van der Waals surface area contributed by atoms with Gasteiger partial charge in [0.1, 0.15) is 11.8 Å². The maximum atomic E-state index is 13.4. The van der Waals surface area contributed by atoms with Crippen LogP contribution in [0.25, 0.3) is 0 Å². The second kappa shape index (κ2) is 14.7. The van der Waals surface area contributed by atoms with Crippen molar-refractivity contribution in [2.24, 2.45) is 5.92 Å². The number of carbonyl (C=O) groups excluding carboxylic acids is 3. The number of non-ortho nitro benzene ring substituents is 1. The number of aliphatic carboxylic acids is 1. The van der Waals surface area contributed by atoms with E-state index >= 15 is 0 Å². The van der Waals surface area contributed by atoms with Gasteiger partial charge in [-0.25, -0.2) is 4.79 Å². The summed E-state index contributed by atoms with van der Waals surface area (Å²) in [6.45, 7) is 3.37. The highest BCUT2D eigenvalue weighted by atomic mass is 32.2. The number of nitrogens with zero attached hydrogens (tertiary/aromatic N) is 2. The number of hydrogen-bond donors (Lipinski definition) is 2. The zero-order valence-electron chi connectivity index (χ0n) is 22.1. The number of Topliss-reactive ketones (excluding diaryl/α,β-unsaturated/α-hetero) is 1. The largest absolute Gasteiger partial charge is 0.496 e. The van der Waals surface area contributed by atoms with Gasteiger partial charge in [-0.2, -0.15) is 0 Å². The molecule has 2 aromatic carbocycles. The molecule has 39 heavy (non-hydrogen) atoms. The fourth-order valence-corrected chi connectivity index (χ4v) is 4.51. The molecule has 0 aliphatic rings. The van der Waals surface area contributed by atoms with Gasteiger partial charge >= 0.3 is 5.97 Å². The van der Waals surface area contributed by atoms with Crippen molar-refractivity contribution in [1.82, 2.24) is 10.2 Å². The van der Waals surface area contributed by atoms with Crippen LogP contribution in [-0.4, -0.2) is 64.4 Å². The number of nitrogens with one attached hydrogen (secondary N) is 1. The van der Waals surface area contributed by atoms with Crippen molar-refractivity contribution in [3.63, 3.8) is 0 Å². The van der Waals surface area contributed by atoms with Gasteiger partial charge < -0.3 is 20.1 Å². The third-order valence-corrected chi connectivity index (χ3v) is 6.66. The maximum Gasteiger partial charge on any atom is 0.330 e. The smallest absolute Gasteiger partial charge is 0.330 e. The molecule has 0 aromatic heterocycles. The first kappa shape index (κ1) is 31.0. The van der Waals surface area contributed by atoms with Crippen LogP contribution >= 0.6 is 11.8 Å². The number of amides is 2. The molecule has 208 valence electrons. The minimum atomic E-state index is -1.39. The SMILES string of the molecule is COc1ccc([N+](=O)[O-])cc1CC(=O)N[C@H](C(=O)N(C)/C(=C/C(=O)O)C(=O)CSCc1ccccc1)C(C)C. The van der Waals surface area contributed by atoms with Crippen LogP contribution in [0.5, 0.6) is 5.75 Å². The number of nitro benzene ring substituents is 1. The average Bonchev–Trinajstić information content (AvgIpc) is 2.89. The Balaban J connectivity index is 2.17. The Labute approximate surface area is 230 Å². The average molecular weight is 558 g/mol. The third-order valence-electron chi connectivity index (χ3n) is 5.66. The van der Waals surface area contributed by atoms with Crippen molar-refractivity contribution < 1.29 is 33.9 Å². The molecule has 1 atom stereocenters. The van der Waals surface area contributed by atoms with E-state index in [0.717, 1.165) is 10.5 Å². The summed E-state index contributed by atoms with van der Waals surface area (Å²) in [5.74, 6) is -2.93. The van der Waals surface area contributed by atoms with E-state index in [1.807, 2.05) is 30.3 Å². The normalized spacial score (nSPS) is 12.0. The highest BCUT2D eigenvalue weighted by molar-refractivity contribution is 7.99. The number of thioether (sulfide) groups is 1. The van der Waals surface area contributed by atoms with E-state index < -0.39 is 40.4 Å². The molecule has 11 nitrogen and oxygen atoms in total. The number of hydrogen-bond acceptors (Lipinski definition) is 8. The molecule has 0 fully saturated rings. The van der Waals surface area contributed by atoms with Crippen LogP contribution in [0.2, 0.25) is 0 Å². The Bertz CT molecular complexity index is 1250. The van der Waals surface area contributed by atoms with Gasteiger partial charge in [-0.3, -0.25) is 24.5 Å². The Morgan fingerprint density at radius 2 is 1.82 bits per heavy atom. The molecule has 2 amide bonds. The van der Waals surface area contributed by atoms with Gasteiger partial charge in [0.15, 0.2) is 5.78 Å². The molecule has 0 saturated heterocycles. The summed E-state index contributed by atoms with van der Waals surface area (Å²) in [6.07, 6.45) is 0.369. The first-order chi connectivity index (χ1) is 18.4. The van der Waals surface area contributed by atoms with Crippen molar-refractivity contribution in [2.75, 3.05) is 19.9 Å². The van der Waals surface area contributed by atoms with E-state index in [9.17, 15) is 34.4 Å². The van der Waals surface area contributed by atoms with Gasteiger partial charge in [-0.05, 0) is 17.5 Å². The van der Waals surface area contributed by atoms with Crippen molar-refractivity contribution >= 4 is 41.0 Å². The van der Waals surface area contributed by atoms with Crippen LogP contribution in [0, 0.1) is 16.0 Å². The van der Waals surface area contributed by atoms with Crippen LogP contribution in [-0.2, 0) is 31.4 Å². The van der Waals surface area contributed by atoms with Crippen molar-refractivity contribution in [3.8, 4) is 5.75 Å². The number of ether oxygens (including phenoxy) is 1.